The highest BCUT2D eigenvalue weighted by Gasteiger charge is 2.11. The number of anilines is 2. The molecule has 0 radical (unpaired) electrons. The molecule has 0 aliphatic heterocycles. The molecule has 4 N–H and O–H groups in total. The van der Waals surface area contributed by atoms with Crippen molar-refractivity contribution < 1.29 is 0 Å². The van der Waals surface area contributed by atoms with Gasteiger partial charge in [-0.15, -0.1) is 0 Å². The van der Waals surface area contributed by atoms with Crippen LogP contribution in [0.15, 0.2) is 60.7 Å². The van der Waals surface area contributed by atoms with E-state index in [-0.39, 0.29) is 0 Å². The van der Waals surface area contributed by atoms with Gasteiger partial charge < -0.3 is 11.5 Å². The molecule has 0 bridgehead atoms. The van der Waals surface area contributed by atoms with Crippen molar-refractivity contribution >= 4 is 33.4 Å². The average Bonchev–Trinajstić information content (AvgIpc) is 2.55. The van der Waals surface area contributed by atoms with E-state index < -0.39 is 0 Å². The van der Waals surface area contributed by atoms with Gasteiger partial charge in [-0.3, -0.25) is 0 Å². The summed E-state index contributed by atoms with van der Waals surface area (Å²) in [6.07, 6.45) is 0. The van der Waals surface area contributed by atoms with Gasteiger partial charge >= 0.3 is 0 Å². The first-order chi connectivity index (χ1) is 10.7. The molecular weight excluding hydrogens is 272 g/mol. The molecule has 0 atom stereocenters. The third-order valence-electron chi connectivity index (χ3n) is 3.80. The molecule has 106 valence electrons. The molecule has 0 aliphatic rings. The monoisotopic (exact) mass is 286 g/mol. The van der Waals surface area contributed by atoms with Crippen molar-refractivity contribution in [1.29, 1.82) is 0 Å². The number of nitrogen functional groups attached to an aromatic ring is 2. The number of hydrogen-bond acceptors (Lipinski definition) is 4. The SMILES string of the molecule is Nc1cccc(-c2cccc3nc4ccccc4nc23)c1N. The Morgan fingerprint density at radius 3 is 2.05 bits per heavy atom. The number of fused-ring (bicyclic) bond motifs is 2. The van der Waals surface area contributed by atoms with E-state index >= 15 is 0 Å². The van der Waals surface area contributed by atoms with Crippen LogP contribution in [0.2, 0.25) is 0 Å². The Hall–Kier alpha value is -3.14. The molecule has 1 aromatic heterocycles. The van der Waals surface area contributed by atoms with Gasteiger partial charge in [0.25, 0.3) is 0 Å². The summed E-state index contributed by atoms with van der Waals surface area (Å²) in [4.78, 5) is 9.45. The molecule has 4 heteroatoms. The number of hydrogen-bond donors (Lipinski definition) is 2. The van der Waals surface area contributed by atoms with E-state index in [4.69, 9.17) is 16.5 Å². The Morgan fingerprint density at radius 1 is 0.591 bits per heavy atom. The number of rotatable bonds is 1. The third-order valence-corrected chi connectivity index (χ3v) is 3.80. The Balaban J connectivity index is 2.09. The molecule has 4 aromatic rings. The van der Waals surface area contributed by atoms with Crippen LogP contribution in [0.5, 0.6) is 0 Å². The second-order valence-corrected chi connectivity index (χ2v) is 5.19. The van der Waals surface area contributed by atoms with Crippen molar-refractivity contribution in [3.63, 3.8) is 0 Å². The molecular formula is C18H14N4. The lowest BCUT2D eigenvalue weighted by molar-refractivity contribution is 1.39. The van der Waals surface area contributed by atoms with Gasteiger partial charge in [-0.05, 0) is 24.3 Å². The fraction of sp³-hybridized carbons (Fsp3) is 0. The van der Waals surface area contributed by atoms with E-state index in [1.807, 2.05) is 54.6 Å². The summed E-state index contributed by atoms with van der Waals surface area (Å²) in [5.74, 6) is 0. The molecule has 22 heavy (non-hydrogen) atoms. The van der Waals surface area contributed by atoms with Gasteiger partial charge in [0.2, 0.25) is 0 Å². The van der Waals surface area contributed by atoms with Crippen LogP contribution >= 0.6 is 0 Å². The molecule has 0 fully saturated rings. The number of nitrogens with zero attached hydrogens (tertiary/aromatic N) is 2. The van der Waals surface area contributed by atoms with E-state index in [1.54, 1.807) is 6.07 Å². The normalized spacial score (nSPS) is 11.1. The van der Waals surface area contributed by atoms with E-state index in [2.05, 4.69) is 4.98 Å². The maximum atomic E-state index is 6.15. The highest BCUT2D eigenvalue weighted by Crippen LogP contribution is 2.34. The van der Waals surface area contributed by atoms with E-state index in [0.717, 1.165) is 33.2 Å². The van der Waals surface area contributed by atoms with Crippen LogP contribution in [0.25, 0.3) is 33.2 Å². The Bertz CT molecular complexity index is 1010. The largest absolute Gasteiger partial charge is 0.397 e. The third kappa shape index (κ3) is 1.85. The van der Waals surface area contributed by atoms with Crippen molar-refractivity contribution in [2.45, 2.75) is 0 Å². The lowest BCUT2D eigenvalue weighted by Crippen LogP contribution is -1.98. The zero-order chi connectivity index (χ0) is 15.1. The second-order valence-electron chi connectivity index (χ2n) is 5.19. The van der Waals surface area contributed by atoms with Crippen LogP contribution in [-0.4, -0.2) is 9.97 Å². The number of aromatic nitrogens is 2. The smallest absolute Gasteiger partial charge is 0.0973 e. The van der Waals surface area contributed by atoms with E-state index in [1.165, 1.54) is 0 Å². The fourth-order valence-corrected chi connectivity index (χ4v) is 2.68. The predicted octanol–water partition coefficient (Wildman–Crippen LogP) is 3.61. The van der Waals surface area contributed by atoms with Crippen LogP contribution in [0.4, 0.5) is 11.4 Å². The standard InChI is InChI=1S/C18H14N4/c19-13-7-3-5-11(17(13)20)12-6-4-10-16-18(12)22-15-9-2-1-8-14(15)21-16/h1-10H,19-20H2. The van der Waals surface area contributed by atoms with Crippen LogP contribution < -0.4 is 11.5 Å². The molecule has 0 unspecified atom stereocenters. The van der Waals surface area contributed by atoms with Crippen molar-refractivity contribution in [2.75, 3.05) is 11.5 Å². The van der Waals surface area contributed by atoms with E-state index in [0.29, 0.717) is 11.4 Å². The van der Waals surface area contributed by atoms with Gasteiger partial charge in [0, 0.05) is 11.1 Å². The summed E-state index contributed by atoms with van der Waals surface area (Å²) in [7, 11) is 0. The maximum absolute atomic E-state index is 6.15. The van der Waals surface area contributed by atoms with E-state index in [9.17, 15) is 0 Å². The molecule has 4 rings (SSSR count). The summed E-state index contributed by atoms with van der Waals surface area (Å²) in [6.45, 7) is 0. The minimum Gasteiger partial charge on any atom is -0.397 e. The van der Waals surface area contributed by atoms with Gasteiger partial charge in [0.15, 0.2) is 0 Å². The number of para-hydroxylation sites is 4. The zero-order valence-electron chi connectivity index (χ0n) is 11.8. The molecule has 0 amide bonds. The first-order valence-corrected chi connectivity index (χ1v) is 7.04. The predicted molar refractivity (Wildman–Crippen MR) is 91.3 cm³/mol. The minimum absolute atomic E-state index is 0.572. The zero-order valence-corrected chi connectivity index (χ0v) is 11.8. The van der Waals surface area contributed by atoms with Crippen LogP contribution in [-0.2, 0) is 0 Å². The highest BCUT2D eigenvalue weighted by atomic mass is 14.8. The summed E-state index contributed by atoms with van der Waals surface area (Å²) in [6, 6.07) is 19.4. The summed E-state index contributed by atoms with van der Waals surface area (Å²) in [5, 5.41) is 0. The molecule has 1 heterocycles. The molecule has 4 nitrogen and oxygen atoms in total. The first-order valence-electron chi connectivity index (χ1n) is 7.04. The Morgan fingerprint density at radius 2 is 1.23 bits per heavy atom. The van der Waals surface area contributed by atoms with Crippen molar-refractivity contribution in [1.82, 2.24) is 9.97 Å². The Labute approximate surface area is 127 Å². The molecule has 0 spiro atoms. The molecule has 0 saturated carbocycles. The maximum Gasteiger partial charge on any atom is 0.0973 e. The molecule has 3 aromatic carbocycles. The topological polar surface area (TPSA) is 77.8 Å². The van der Waals surface area contributed by atoms with Crippen molar-refractivity contribution in [2.24, 2.45) is 0 Å². The van der Waals surface area contributed by atoms with Crippen LogP contribution in [0, 0.1) is 0 Å². The number of benzene rings is 3. The van der Waals surface area contributed by atoms with Gasteiger partial charge in [0.05, 0.1) is 33.4 Å². The van der Waals surface area contributed by atoms with Gasteiger partial charge in [0.1, 0.15) is 0 Å². The van der Waals surface area contributed by atoms with Crippen LogP contribution in [0.1, 0.15) is 0 Å². The van der Waals surface area contributed by atoms with Crippen molar-refractivity contribution in [3.05, 3.63) is 60.7 Å². The summed E-state index contributed by atoms with van der Waals surface area (Å²) < 4.78 is 0. The van der Waals surface area contributed by atoms with Crippen LogP contribution in [0.3, 0.4) is 0 Å². The first kappa shape index (κ1) is 12.6. The molecule has 0 saturated heterocycles. The van der Waals surface area contributed by atoms with Crippen molar-refractivity contribution in [3.8, 4) is 11.1 Å². The fourth-order valence-electron chi connectivity index (χ4n) is 2.68. The van der Waals surface area contributed by atoms with Gasteiger partial charge in [-0.2, -0.15) is 0 Å². The van der Waals surface area contributed by atoms with Gasteiger partial charge in [-0.25, -0.2) is 9.97 Å². The lowest BCUT2D eigenvalue weighted by atomic mass is 10.0. The summed E-state index contributed by atoms with van der Waals surface area (Å²) >= 11 is 0. The lowest BCUT2D eigenvalue weighted by Gasteiger charge is -2.11. The quantitative estimate of drug-likeness (QED) is 0.414. The number of nitrogens with two attached hydrogens (primary N) is 2. The second kappa shape index (κ2) is 4.70. The Kier molecular flexibility index (Phi) is 2.69. The molecule has 0 aliphatic carbocycles. The highest BCUT2D eigenvalue weighted by molar-refractivity contribution is 5.99. The minimum atomic E-state index is 0.572. The summed E-state index contributed by atoms with van der Waals surface area (Å²) in [5.41, 5.74) is 18.5. The average molecular weight is 286 g/mol. The van der Waals surface area contributed by atoms with Gasteiger partial charge in [-0.1, -0.05) is 36.4 Å².